The molecule has 4 rings (SSSR count). The minimum Gasteiger partial charge on any atom is -0.446 e. The Balaban J connectivity index is 1.51. The number of carbonyl (C=O) groups is 4. The van der Waals surface area contributed by atoms with Gasteiger partial charge in [0.1, 0.15) is 12.1 Å². The number of allylic oxidation sites excluding steroid dienone is 2. The summed E-state index contributed by atoms with van der Waals surface area (Å²) >= 11 is 0. The Bertz CT molecular complexity index is 1420. The van der Waals surface area contributed by atoms with Gasteiger partial charge in [0.15, 0.2) is 0 Å². The van der Waals surface area contributed by atoms with Gasteiger partial charge in [0.2, 0.25) is 21.8 Å². The molecule has 1 heterocycles. The van der Waals surface area contributed by atoms with Gasteiger partial charge in [0.25, 0.3) is 5.91 Å². The summed E-state index contributed by atoms with van der Waals surface area (Å²) in [6.45, 7) is 2.07. The van der Waals surface area contributed by atoms with Gasteiger partial charge in [-0.25, -0.2) is 13.2 Å². The first-order valence-electron chi connectivity index (χ1n) is 14.7. The molecule has 0 bridgehead atoms. The fourth-order valence-electron chi connectivity index (χ4n) is 5.44. The van der Waals surface area contributed by atoms with E-state index < -0.39 is 56.7 Å². The van der Waals surface area contributed by atoms with E-state index in [0.29, 0.717) is 37.1 Å². The molecule has 1 aromatic rings. The monoisotopic (exact) mass is 613 g/mol. The molecule has 0 aromatic heterocycles. The van der Waals surface area contributed by atoms with Crippen molar-refractivity contribution in [3.63, 3.8) is 0 Å². The summed E-state index contributed by atoms with van der Waals surface area (Å²) in [4.78, 5) is 54.6. The first-order chi connectivity index (χ1) is 20.4. The highest BCUT2D eigenvalue weighted by Crippen LogP contribution is 2.42. The number of hydrogen-bond acceptors (Lipinski definition) is 8. The Morgan fingerprint density at radius 1 is 1.12 bits per heavy atom. The second-order valence-corrected chi connectivity index (χ2v) is 14.0. The number of nitrogens with one attached hydrogen (secondary N) is 3. The number of hydrogen-bond donors (Lipinski definition) is 3. The first-order valence-corrected chi connectivity index (χ1v) is 16.1. The van der Waals surface area contributed by atoms with Crippen molar-refractivity contribution < 1.29 is 32.3 Å². The van der Waals surface area contributed by atoms with Crippen LogP contribution in [-0.2, 0) is 29.1 Å². The van der Waals surface area contributed by atoms with Crippen LogP contribution in [0.25, 0.3) is 0 Å². The maximum atomic E-state index is 13.7. The summed E-state index contributed by atoms with van der Waals surface area (Å²) < 4.78 is 32.2. The van der Waals surface area contributed by atoms with Gasteiger partial charge in [-0.1, -0.05) is 18.2 Å². The summed E-state index contributed by atoms with van der Waals surface area (Å²) in [7, 11) is -2.24. The van der Waals surface area contributed by atoms with Gasteiger partial charge in [-0.05, 0) is 82.9 Å². The van der Waals surface area contributed by atoms with Gasteiger partial charge >= 0.3 is 6.09 Å². The second-order valence-electron chi connectivity index (χ2n) is 11.8. The third kappa shape index (κ3) is 8.13. The molecule has 4 unspecified atom stereocenters. The van der Waals surface area contributed by atoms with Crippen molar-refractivity contribution >= 4 is 39.5 Å². The molecule has 4 atom stereocenters. The van der Waals surface area contributed by atoms with Crippen LogP contribution in [-0.4, -0.2) is 67.6 Å². The highest BCUT2D eigenvalue weighted by Gasteiger charge is 2.51. The Morgan fingerprint density at radius 2 is 1.84 bits per heavy atom. The van der Waals surface area contributed by atoms with E-state index in [0.717, 1.165) is 19.3 Å². The molecule has 0 spiro atoms. The van der Waals surface area contributed by atoms with Crippen LogP contribution in [0.4, 0.5) is 10.5 Å². The molecule has 232 valence electrons. The van der Waals surface area contributed by atoms with Crippen molar-refractivity contribution in [2.75, 3.05) is 18.9 Å². The zero-order chi connectivity index (χ0) is 31.2. The van der Waals surface area contributed by atoms with E-state index >= 15 is 0 Å². The van der Waals surface area contributed by atoms with Crippen molar-refractivity contribution in [2.45, 2.75) is 81.6 Å². The molecule has 13 heteroatoms. The zero-order valence-electron chi connectivity index (χ0n) is 24.5. The molecule has 2 fully saturated rings. The maximum absolute atomic E-state index is 13.7. The van der Waals surface area contributed by atoms with Crippen LogP contribution in [0.2, 0.25) is 0 Å². The first kappa shape index (κ1) is 32.0. The van der Waals surface area contributed by atoms with Gasteiger partial charge in [0.05, 0.1) is 28.2 Å². The number of ether oxygens (including phenoxy) is 1. The quantitative estimate of drug-likeness (QED) is 0.425. The number of benzene rings is 1. The lowest BCUT2D eigenvalue weighted by Gasteiger charge is -2.26. The van der Waals surface area contributed by atoms with E-state index in [1.54, 1.807) is 37.1 Å². The molecule has 2 saturated carbocycles. The molecule has 0 saturated heterocycles. The van der Waals surface area contributed by atoms with Crippen LogP contribution in [0.15, 0.2) is 36.4 Å². The molecule has 3 aliphatic rings. The molecule has 1 aromatic carbocycles. The number of anilines is 1. The summed E-state index contributed by atoms with van der Waals surface area (Å²) in [6, 6.07) is 7.17. The Labute approximate surface area is 252 Å². The molecule has 4 amide bonds. The lowest BCUT2D eigenvalue weighted by molar-refractivity contribution is -0.140. The average Bonchev–Trinajstić information content (AvgIpc) is 3.60. The van der Waals surface area contributed by atoms with E-state index in [2.05, 4.69) is 15.4 Å². The third-order valence-corrected chi connectivity index (χ3v) is 10.6. The van der Waals surface area contributed by atoms with Crippen LogP contribution in [0.5, 0.6) is 0 Å². The number of nitrogens with zero attached hydrogens (tertiary/aromatic N) is 2. The standard InChI is InChI=1S/C30H39N5O7S/c1-30(13-14-30)43(40,41)34-27(37)25-12-7-5-3-4-6-8-15-35(2)28(38)24-18-22(17-23(24)26(36)33-25)42-29(39)32-21-11-9-10-20(16-21)19-31/h3,5,9-11,16,22-25H,4,6-8,12-15,17-18H2,1-2H3,(H,32,39)(H,33,36)(H,34,37). The number of amides is 4. The summed E-state index contributed by atoms with van der Waals surface area (Å²) in [5.74, 6) is -3.35. The normalized spacial score (nSPS) is 26.1. The maximum Gasteiger partial charge on any atom is 0.411 e. The van der Waals surface area contributed by atoms with Crippen molar-refractivity contribution in [3.05, 3.63) is 42.0 Å². The summed E-state index contributed by atoms with van der Waals surface area (Å²) in [6.07, 6.45) is 6.42. The van der Waals surface area contributed by atoms with E-state index in [9.17, 15) is 27.6 Å². The lowest BCUT2D eigenvalue weighted by Crippen LogP contribution is -2.52. The molecule has 43 heavy (non-hydrogen) atoms. The Morgan fingerprint density at radius 3 is 2.56 bits per heavy atom. The van der Waals surface area contributed by atoms with Crippen LogP contribution < -0.4 is 15.4 Å². The van der Waals surface area contributed by atoms with Crippen molar-refractivity contribution in [3.8, 4) is 6.07 Å². The van der Waals surface area contributed by atoms with Gasteiger partial charge < -0.3 is 15.0 Å². The van der Waals surface area contributed by atoms with Crippen molar-refractivity contribution in [2.24, 2.45) is 11.8 Å². The Kier molecular flexibility index (Phi) is 10.1. The molecule has 2 aliphatic carbocycles. The second kappa shape index (κ2) is 13.6. The van der Waals surface area contributed by atoms with E-state index in [1.165, 1.54) is 6.07 Å². The molecular weight excluding hydrogens is 574 g/mol. The van der Waals surface area contributed by atoms with Crippen LogP contribution >= 0.6 is 0 Å². The summed E-state index contributed by atoms with van der Waals surface area (Å²) in [5, 5.41) is 14.4. The molecule has 12 nitrogen and oxygen atoms in total. The number of sulfonamides is 1. The predicted molar refractivity (Wildman–Crippen MR) is 158 cm³/mol. The minimum absolute atomic E-state index is 0.0480. The number of fused-ring (bicyclic) bond motifs is 1. The lowest BCUT2D eigenvalue weighted by atomic mass is 9.93. The van der Waals surface area contributed by atoms with E-state index in [4.69, 9.17) is 10.00 Å². The predicted octanol–water partition coefficient (Wildman–Crippen LogP) is 2.96. The molecule has 3 N–H and O–H groups in total. The molecule has 1 aliphatic heterocycles. The van der Waals surface area contributed by atoms with Crippen LogP contribution in [0.1, 0.15) is 70.3 Å². The van der Waals surface area contributed by atoms with Crippen LogP contribution in [0, 0.1) is 23.2 Å². The van der Waals surface area contributed by atoms with Gasteiger partial charge in [-0.15, -0.1) is 0 Å². The fourth-order valence-corrected chi connectivity index (χ4v) is 6.73. The highest BCUT2D eigenvalue weighted by atomic mass is 32.2. The van der Waals surface area contributed by atoms with E-state index in [1.807, 2.05) is 18.2 Å². The largest absolute Gasteiger partial charge is 0.446 e. The number of nitriles is 1. The highest BCUT2D eigenvalue weighted by molar-refractivity contribution is 7.91. The smallest absolute Gasteiger partial charge is 0.411 e. The van der Waals surface area contributed by atoms with Crippen molar-refractivity contribution in [1.82, 2.24) is 14.9 Å². The topological polar surface area (TPSA) is 175 Å². The Hall–Kier alpha value is -3.92. The fraction of sp³-hybridized carbons (Fsp3) is 0.567. The van der Waals surface area contributed by atoms with E-state index in [-0.39, 0.29) is 25.2 Å². The molecule has 0 radical (unpaired) electrons. The SMILES string of the molecule is CN1CCCCC=CCCC(C(=O)NS(=O)(=O)C2(C)CC2)NC(=O)C2CC(OC(=O)Nc3cccc(C#N)c3)CC2C1=O. The van der Waals surface area contributed by atoms with Gasteiger partial charge in [0, 0.05) is 19.3 Å². The minimum atomic E-state index is -3.92. The number of rotatable bonds is 5. The molecular formula is C30H39N5O7S. The van der Waals surface area contributed by atoms with Gasteiger partial charge in [-0.3, -0.25) is 24.4 Å². The van der Waals surface area contributed by atoms with Crippen molar-refractivity contribution in [1.29, 1.82) is 5.26 Å². The van der Waals surface area contributed by atoms with Crippen LogP contribution in [0.3, 0.4) is 0 Å². The third-order valence-electron chi connectivity index (χ3n) is 8.44. The van der Waals surface area contributed by atoms with Gasteiger partial charge in [-0.2, -0.15) is 5.26 Å². The zero-order valence-corrected chi connectivity index (χ0v) is 25.3. The summed E-state index contributed by atoms with van der Waals surface area (Å²) in [5.41, 5.74) is 0.722. The number of carbonyl (C=O) groups excluding carboxylic acids is 4. The average molecular weight is 614 g/mol.